The second-order valence-electron chi connectivity index (χ2n) is 4.90. The first-order valence-corrected chi connectivity index (χ1v) is 6.03. The summed E-state index contributed by atoms with van der Waals surface area (Å²) in [6, 6.07) is 5.77. The summed E-state index contributed by atoms with van der Waals surface area (Å²) in [7, 11) is 1.65. The largest absolute Gasteiger partial charge is 0.496 e. The molecule has 0 bridgehead atoms. The summed E-state index contributed by atoms with van der Waals surface area (Å²) in [5, 5.41) is 10.4. The number of benzene rings is 1. The molecular formula is C14H20O3. The summed E-state index contributed by atoms with van der Waals surface area (Å²) >= 11 is 0. The lowest BCUT2D eigenvalue weighted by molar-refractivity contribution is -0.0796. The number of aliphatic hydroxyl groups excluding tert-OH is 1. The van der Waals surface area contributed by atoms with Gasteiger partial charge in [-0.15, -0.1) is 0 Å². The van der Waals surface area contributed by atoms with Crippen molar-refractivity contribution in [3.63, 3.8) is 0 Å². The Hall–Kier alpha value is -1.06. The van der Waals surface area contributed by atoms with Crippen molar-refractivity contribution >= 4 is 0 Å². The van der Waals surface area contributed by atoms with Crippen LogP contribution in [0.5, 0.6) is 5.75 Å². The maximum atomic E-state index is 10.4. The monoisotopic (exact) mass is 236 g/mol. The number of rotatable bonds is 3. The van der Waals surface area contributed by atoms with Gasteiger partial charge in [0.05, 0.1) is 12.7 Å². The SMILES string of the molecule is COc1ccc(C(O)C2(C)CCCO2)cc1C. The van der Waals surface area contributed by atoms with Crippen molar-refractivity contribution in [2.45, 2.75) is 38.4 Å². The Morgan fingerprint density at radius 1 is 1.47 bits per heavy atom. The standard InChI is InChI=1S/C14H20O3/c1-10-9-11(5-6-12(10)16-3)13(15)14(2)7-4-8-17-14/h5-6,9,13,15H,4,7-8H2,1-3H3. The first-order chi connectivity index (χ1) is 8.07. The normalized spacial score (nSPS) is 25.9. The first kappa shape index (κ1) is 12.4. The smallest absolute Gasteiger partial charge is 0.121 e. The Bertz CT molecular complexity index is 394. The van der Waals surface area contributed by atoms with Crippen LogP contribution < -0.4 is 4.74 Å². The van der Waals surface area contributed by atoms with E-state index in [0.29, 0.717) is 0 Å². The lowest BCUT2D eigenvalue weighted by Crippen LogP contribution is -2.31. The number of methoxy groups -OCH3 is 1. The number of ether oxygens (including phenoxy) is 2. The van der Waals surface area contributed by atoms with Gasteiger partial charge in [-0.3, -0.25) is 0 Å². The molecule has 1 aromatic carbocycles. The molecule has 1 fully saturated rings. The molecule has 0 amide bonds. The van der Waals surface area contributed by atoms with E-state index in [1.807, 2.05) is 32.0 Å². The first-order valence-electron chi connectivity index (χ1n) is 6.03. The molecule has 1 aromatic rings. The van der Waals surface area contributed by atoms with Crippen LogP contribution in [0.1, 0.15) is 37.0 Å². The molecule has 2 unspecified atom stereocenters. The summed E-state index contributed by atoms with van der Waals surface area (Å²) in [6.07, 6.45) is 1.34. The second-order valence-corrected chi connectivity index (χ2v) is 4.90. The lowest BCUT2D eigenvalue weighted by atomic mass is 9.89. The average Bonchev–Trinajstić information content (AvgIpc) is 2.76. The van der Waals surface area contributed by atoms with Crippen molar-refractivity contribution in [3.8, 4) is 5.75 Å². The number of hydrogen-bond acceptors (Lipinski definition) is 3. The molecule has 3 heteroatoms. The summed E-state index contributed by atoms with van der Waals surface area (Å²) in [5.41, 5.74) is 1.49. The molecule has 2 rings (SSSR count). The van der Waals surface area contributed by atoms with Crippen molar-refractivity contribution in [1.29, 1.82) is 0 Å². The van der Waals surface area contributed by atoms with Gasteiger partial charge in [0.1, 0.15) is 11.9 Å². The van der Waals surface area contributed by atoms with Gasteiger partial charge in [-0.25, -0.2) is 0 Å². The lowest BCUT2D eigenvalue weighted by Gasteiger charge is -2.29. The van der Waals surface area contributed by atoms with E-state index in [9.17, 15) is 5.11 Å². The van der Waals surface area contributed by atoms with Gasteiger partial charge in [0.2, 0.25) is 0 Å². The van der Waals surface area contributed by atoms with Crippen LogP contribution in [0.2, 0.25) is 0 Å². The molecule has 0 aliphatic carbocycles. The zero-order chi connectivity index (χ0) is 12.5. The molecule has 17 heavy (non-hydrogen) atoms. The molecule has 0 spiro atoms. The van der Waals surface area contributed by atoms with Crippen LogP contribution >= 0.6 is 0 Å². The van der Waals surface area contributed by atoms with E-state index < -0.39 is 11.7 Å². The van der Waals surface area contributed by atoms with Gasteiger partial charge < -0.3 is 14.6 Å². The topological polar surface area (TPSA) is 38.7 Å². The van der Waals surface area contributed by atoms with Gasteiger partial charge in [0, 0.05) is 6.61 Å². The molecule has 0 saturated carbocycles. The van der Waals surface area contributed by atoms with Crippen molar-refractivity contribution in [2.75, 3.05) is 13.7 Å². The Kier molecular flexibility index (Phi) is 3.40. The van der Waals surface area contributed by atoms with Crippen LogP contribution in [0, 0.1) is 6.92 Å². The fourth-order valence-corrected chi connectivity index (χ4v) is 2.44. The highest BCUT2D eigenvalue weighted by molar-refractivity contribution is 5.37. The van der Waals surface area contributed by atoms with E-state index in [1.165, 1.54) is 0 Å². The molecule has 94 valence electrons. The van der Waals surface area contributed by atoms with E-state index in [4.69, 9.17) is 9.47 Å². The molecular weight excluding hydrogens is 216 g/mol. The Morgan fingerprint density at radius 2 is 2.24 bits per heavy atom. The minimum atomic E-state index is -0.574. The molecule has 1 N–H and O–H groups in total. The summed E-state index contributed by atoms with van der Waals surface area (Å²) in [6.45, 7) is 4.69. The maximum Gasteiger partial charge on any atom is 0.121 e. The molecule has 0 aromatic heterocycles. The van der Waals surface area contributed by atoms with Gasteiger partial charge in [-0.1, -0.05) is 6.07 Å². The van der Waals surface area contributed by atoms with Crippen LogP contribution in [0.15, 0.2) is 18.2 Å². The Morgan fingerprint density at radius 3 is 2.76 bits per heavy atom. The summed E-state index contributed by atoms with van der Waals surface area (Å²) in [5.74, 6) is 0.846. The minimum absolute atomic E-state index is 0.443. The van der Waals surface area contributed by atoms with Gasteiger partial charge in [0.25, 0.3) is 0 Å². The van der Waals surface area contributed by atoms with E-state index >= 15 is 0 Å². The third kappa shape index (κ3) is 2.31. The molecule has 1 aliphatic heterocycles. The third-order valence-corrected chi connectivity index (χ3v) is 3.56. The van der Waals surface area contributed by atoms with E-state index in [-0.39, 0.29) is 0 Å². The number of aliphatic hydroxyl groups is 1. The zero-order valence-electron chi connectivity index (χ0n) is 10.7. The van der Waals surface area contributed by atoms with Crippen LogP contribution in [0.3, 0.4) is 0 Å². The second kappa shape index (κ2) is 4.67. The average molecular weight is 236 g/mol. The predicted octanol–water partition coefficient (Wildman–Crippen LogP) is 2.61. The van der Waals surface area contributed by atoms with Crippen LogP contribution in [-0.2, 0) is 4.74 Å². The quantitative estimate of drug-likeness (QED) is 0.876. The van der Waals surface area contributed by atoms with Gasteiger partial charge in [0.15, 0.2) is 0 Å². The van der Waals surface area contributed by atoms with E-state index in [1.54, 1.807) is 7.11 Å². The molecule has 1 aliphatic rings. The molecule has 3 nitrogen and oxygen atoms in total. The highest BCUT2D eigenvalue weighted by Gasteiger charge is 2.38. The van der Waals surface area contributed by atoms with Gasteiger partial charge in [-0.05, 0) is 49.9 Å². The van der Waals surface area contributed by atoms with Gasteiger partial charge in [-0.2, -0.15) is 0 Å². The minimum Gasteiger partial charge on any atom is -0.496 e. The van der Waals surface area contributed by atoms with Crippen molar-refractivity contribution in [3.05, 3.63) is 29.3 Å². The highest BCUT2D eigenvalue weighted by atomic mass is 16.5. The molecule has 0 radical (unpaired) electrons. The van der Waals surface area contributed by atoms with E-state index in [2.05, 4.69) is 0 Å². The number of aryl methyl sites for hydroxylation is 1. The third-order valence-electron chi connectivity index (χ3n) is 3.56. The fraction of sp³-hybridized carbons (Fsp3) is 0.571. The van der Waals surface area contributed by atoms with E-state index in [0.717, 1.165) is 36.3 Å². The molecule has 1 heterocycles. The van der Waals surface area contributed by atoms with Crippen molar-refractivity contribution in [2.24, 2.45) is 0 Å². The predicted molar refractivity (Wildman–Crippen MR) is 66.3 cm³/mol. The van der Waals surface area contributed by atoms with Crippen molar-refractivity contribution in [1.82, 2.24) is 0 Å². The van der Waals surface area contributed by atoms with Gasteiger partial charge >= 0.3 is 0 Å². The maximum absolute atomic E-state index is 10.4. The van der Waals surface area contributed by atoms with Crippen LogP contribution in [-0.4, -0.2) is 24.4 Å². The fourth-order valence-electron chi connectivity index (χ4n) is 2.44. The Balaban J connectivity index is 2.25. The van der Waals surface area contributed by atoms with Crippen LogP contribution in [0.25, 0.3) is 0 Å². The molecule has 2 atom stereocenters. The number of hydrogen-bond donors (Lipinski definition) is 1. The highest BCUT2D eigenvalue weighted by Crippen LogP contribution is 2.38. The zero-order valence-corrected chi connectivity index (χ0v) is 10.7. The Labute approximate surface area is 102 Å². The van der Waals surface area contributed by atoms with Crippen LogP contribution in [0.4, 0.5) is 0 Å². The van der Waals surface area contributed by atoms with Crippen molar-refractivity contribution < 1.29 is 14.6 Å². The molecule has 1 saturated heterocycles. The summed E-state index contributed by atoms with van der Waals surface area (Å²) in [4.78, 5) is 0. The summed E-state index contributed by atoms with van der Waals surface area (Å²) < 4.78 is 10.9.